The van der Waals surface area contributed by atoms with Crippen LogP contribution in [0.15, 0.2) is 0 Å². The fourth-order valence-electron chi connectivity index (χ4n) is 2.36. The lowest BCUT2D eigenvalue weighted by Gasteiger charge is -2.36. The molecule has 0 spiro atoms. The molecule has 80 valence electrons. The smallest absolute Gasteiger partial charge is 0.410 e. The molecule has 4 nitrogen and oxygen atoms in total. The molecule has 1 aliphatic carbocycles. The molecule has 2 aliphatic rings. The van der Waals surface area contributed by atoms with Crippen LogP contribution in [0.1, 0.15) is 26.2 Å². The standard InChI is InChI=1S/C10H17NO3/c1-2-13-10(12)11-6-7-14-9-5-3-4-8(9)11/h8-9H,2-7H2,1H3. The third-order valence-corrected chi connectivity index (χ3v) is 2.98. The van der Waals surface area contributed by atoms with Gasteiger partial charge in [0.2, 0.25) is 0 Å². The number of carbonyl (C=O) groups is 1. The molecule has 2 rings (SSSR count). The number of hydrogen-bond acceptors (Lipinski definition) is 3. The second kappa shape index (κ2) is 4.17. The topological polar surface area (TPSA) is 38.8 Å². The summed E-state index contributed by atoms with van der Waals surface area (Å²) in [6.07, 6.45) is 3.39. The molecule has 1 aliphatic heterocycles. The van der Waals surface area contributed by atoms with Gasteiger partial charge in [-0.3, -0.25) is 0 Å². The van der Waals surface area contributed by atoms with Gasteiger partial charge in [0.25, 0.3) is 0 Å². The zero-order valence-electron chi connectivity index (χ0n) is 8.57. The lowest BCUT2D eigenvalue weighted by Crippen LogP contribution is -2.51. The first kappa shape index (κ1) is 9.77. The Kier molecular flexibility index (Phi) is 2.91. The summed E-state index contributed by atoms with van der Waals surface area (Å²) >= 11 is 0. The van der Waals surface area contributed by atoms with Crippen molar-refractivity contribution in [2.45, 2.75) is 38.3 Å². The van der Waals surface area contributed by atoms with Crippen molar-refractivity contribution in [2.24, 2.45) is 0 Å². The molecular weight excluding hydrogens is 182 g/mol. The van der Waals surface area contributed by atoms with Crippen molar-refractivity contribution in [3.05, 3.63) is 0 Å². The van der Waals surface area contributed by atoms with E-state index in [1.807, 2.05) is 11.8 Å². The maximum absolute atomic E-state index is 11.6. The highest BCUT2D eigenvalue weighted by Crippen LogP contribution is 2.29. The molecule has 0 bridgehead atoms. The van der Waals surface area contributed by atoms with Gasteiger partial charge in [-0.2, -0.15) is 0 Å². The lowest BCUT2D eigenvalue weighted by atomic mass is 10.1. The molecule has 2 atom stereocenters. The van der Waals surface area contributed by atoms with E-state index in [1.165, 1.54) is 0 Å². The molecule has 0 aromatic carbocycles. The summed E-state index contributed by atoms with van der Waals surface area (Å²) in [5.41, 5.74) is 0. The zero-order chi connectivity index (χ0) is 9.97. The molecule has 1 saturated carbocycles. The van der Waals surface area contributed by atoms with Gasteiger partial charge in [0.15, 0.2) is 0 Å². The van der Waals surface area contributed by atoms with Crippen LogP contribution in [0.2, 0.25) is 0 Å². The molecule has 1 amide bonds. The molecular formula is C10H17NO3. The first-order valence-electron chi connectivity index (χ1n) is 5.38. The Labute approximate surface area is 84.2 Å². The number of nitrogens with zero attached hydrogens (tertiary/aromatic N) is 1. The third-order valence-electron chi connectivity index (χ3n) is 2.98. The fourth-order valence-corrected chi connectivity index (χ4v) is 2.36. The summed E-state index contributed by atoms with van der Waals surface area (Å²) in [5.74, 6) is 0. The van der Waals surface area contributed by atoms with E-state index in [4.69, 9.17) is 9.47 Å². The molecule has 0 N–H and O–H groups in total. The predicted molar refractivity (Wildman–Crippen MR) is 51.1 cm³/mol. The first-order chi connectivity index (χ1) is 6.83. The molecule has 2 fully saturated rings. The maximum atomic E-state index is 11.6. The summed E-state index contributed by atoms with van der Waals surface area (Å²) in [6.45, 7) is 3.62. The SMILES string of the molecule is CCOC(=O)N1CCOC2CCCC21. The number of ether oxygens (including phenoxy) is 2. The highest BCUT2D eigenvalue weighted by atomic mass is 16.6. The summed E-state index contributed by atoms with van der Waals surface area (Å²) in [6, 6.07) is 0.266. The first-order valence-corrected chi connectivity index (χ1v) is 5.38. The molecule has 14 heavy (non-hydrogen) atoms. The van der Waals surface area contributed by atoms with Crippen molar-refractivity contribution in [1.82, 2.24) is 4.90 Å². The Balaban J connectivity index is 1.99. The van der Waals surface area contributed by atoms with Gasteiger partial charge in [0, 0.05) is 6.54 Å². The van der Waals surface area contributed by atoms with E-state index >= 15 is 0 Å². The molecule has 2 unspecified atom stereocenters. The van der Waals surface area contributed by atoms with Crippen molar-refractivity contribution >= 4 is 6.09 Å². The van der Waals surface area contributed by atoms with Crippen molar-refractivity contribution in [1.29, 1.82) is 0 Å². The minimum atomic E-state index is -0.173. The van der Waals surface area contributed by atoms with Gasteiger partial charge in [-0.1, -0.05) is 0 Å². The van der Waals surface area contributed by atoms with Gasteiger partial charge in [-0.15, -0.1) is 0 Å². The van der Waals surface area contributed by atoms with Gasteiger partial charge < -0.3 is 14.4 Å². The van der Waals surface area contributed by atoms with Crippen molar-refractivity contribution in [3.8, 4) is 0 Å². The largest absolute Gasteiger partial charge is 0.450 e. The number of hydrogen-bond donors (Lipinski definition) is 0. The summed E-state index contributed by atoms with van der Waals surface area (Å²) < 4.78 is 10.6. The average Bonchev–Trinajstić information content (AvgIpc) is 2.65. The molecule has 0 aromatic rings. The predicted octanol–water partition coefficient (Wildman–Crippen LogP) is 1.40. The van der Waals surface area contributed by atoms with Crippen LogP contribution >= 0.6 is 0 Å². The van der Waals surface area contributed by atoms with E-state index in [1.54, 1.807) is 0 Å². The normalized spacial score (nSPS) is 31.4. The van der Waals surface area contributed by atoms with Crippen LogP contribution < -0.4 is 0 Å². The fraction of sp³-hybridized carbons (Fsp3) is 0.900. The van der Waals surface area contributed by atoms with Gasteiger partial charge in [0.1, 0.15) is 0 Å². The van der Waals surface area contributed by atoms with E-state index in [2.05, 4.69) is 0 Å². The van der Waals surface area contributed by atoms with E-state index in [9.17, 15) is 4.79 Å². The van der Waals surface area contributed by atoms with Crippen molar-refractivity contribution in [2.75, 3.05) is 19.8 Å². The Morgan fingerprint density at radius 3 is 3.21 bits per heavy atom. The van der Waals surface area contributed by atoms with Gasteiger partial charge >= 0.3 is 6.09 Å². The second-order valence-corrected chi connectivity index (χ2v) is 3.80. The van der Waals surface area contributed by atoms with Crippen LogP contribution in [0.3, 0.4) is 0 Å². The minimum Gasteiger partial charge on any atom is -0.450 e. The zero-order valence-corrected chi connectivity index (χ0v) is 8.57. The number of carbonyl (C=O) groups excluding carboxylic acids is 1. The second-order valence-electron chi connectivity index (χ2n) is 3.80. The Bertz CT molecular complexity index is 219. The molecule has 4 heteroatoms. The quantitative estimate of drug-likeness (QED) is 0.640. The highest BCUT2D eigenvalue weighted by Gasteiger charge is 2.38. The summed E-state index contributed by atoms with van der Waals surface area (Å²) in [7, 11) is 0. The van der Waals surface area contributed by atoms with Crippen LogP contribution in [0.4, 0.5) is 4.79 Å². The van der Waals surface area contributed by atoms with Crippen LogP contribution in [0.5, 0.6) is 0 Å². The van der Waals surface area contributed by atoms with E-state index in [0.29, 0.717) is 19.8 Å². The third kappa shape index (κ3) is 1.71. The van der Waals surface area contributed by atoms with Gasteiger partial charge in [-0.25, -0.2) is 4.79 Å². The van der Waals surface area contributed by atoms with Crippen LogP contribution in [0.25, 0.3) is 0 Å². The van der Waals surface area contributed by atoms with E-state index in [0.717, 1.165) is 19.3 Å². The molecule has 1 saturated heterocycles. The highest BCUT2D eigenvalue weighted by molar-refractivity contribution is 5.68. The van der Waals surface area contributed by atoms with E-state index in [-0.39, 0.29) is 18.2 Å². The summed E-state index contributed by atoms with van der Waals surface area (Å²) in [5, 5.41) is 0. The monoisotopic (exact) mass is 199 g/mol. The number of rotatable bonds is 1. The lowest BCUT2D eigenvalue weighted by molar-refractivity contribution is -0.0506. The van der Waals surface area contributed by atoms with Crippen LogP contribution in [-0.2, 0) is 9.47 Å². The number of morpholine rings is 1. The molecule has 0 radical (unpaired) electrons. The minimum absolute atomic E-state index is 0.173. The van der Waals surface area contributed by atoms with Crippen molar-refractivity contribution < 1.29 is 14.3 Å². The van der Waals surface area contributed by atoms with Crippen LogP contribution in [0, 0.1) is 0 Å². The van der Waals surface area contributed by atoms with Gasteiger partial charge in [0.05, 0.1) is 25.4 Å². The average molecular weight is 199 g/mol. The van der Waals surface area contributed by atoms with Crippen molar-refractivity contribution in [3.63, 3.8) is 0 Å². The number of amides is 1. The Hall–Kier alpha value is -0.770. The summed E-state index contributed by atoms with van der Waals surface area (Å²) in [4.78, 5) is 13.4. The molecule has 0 aromatic heterocycles. The Morgan fingerprint density at radius 1 is 1.57 bits per heavy atom. The Morgan fingerprint density at radius 2 is 2.43 bits per heavy atom. The number of fused-ring (bicyclic) bond motifs is 1. The van der Waals surface area contributed by atoms with Crippen LogP contribution in [-0.4, -0.2) is 42.9 Å². The van der Waals surface area contributed by atoms with Gasteiger partial charge in [-0.05, 0) is 26.2 Å². The molecule has 1 heterocycles. The maximum Gasteiger partial charge on any atom is 0.410 e. The van der Waals surface area contributed by atoms with E-state index < -0.39 is 0 Å².